The minimum Gasteiger partial charge on any atom is -0.478 e. The van der Waals surface area contributed by atoms with E-state index in [0.717, 1.165) is 18.4 Å². The van der Waals surface area contributed by atoms with Gasteiger partial charge in [-0.2, -0.15) is 0 Å². The van der Waals surface area contributed by atoms with Crippen LogP contribution in [0.25, 0.3) is 0 Å². The van der Waals surface area contributed by atoms with Crippen molar-refractivity contribution in [3.63, 3.8) is 0 Å². The molecule has 3 heteroatoms. The van der Waals surface area contributed by atoms with Gasteiger partial charge in [0.15, 0.2) is 0 Å². The van der Waals surface area contributed by atoms with E-state index in [0.29, 0.717) is 18.5 Å². The second-order valence-electron chi connectivity index (χ2n) is 3.82. The molecule has 0 aliphatic heterocycles. The summed E-state index contributed by atoms with van der Waals surface area (Å²) in [5, 5.41) is 9.12. The topological polar surface area (TPSA) is 63.3 Å². The van der Waals surface area contributed by atoms with Gasteiger partial charge in [0.25, 0.3) is 0 Å². The van der Waals surface area contributed by atoms with Gasteiger partial charge >= 0.3 is 5.97 Å². The van der Waals surface area contributed by atoms with Crippen LogP contribution < -0.4 is 5.73 Å². The van der Waals surface area contributed by atoms with Gasteiger partial charge in [0, 0.05) is 5.57 Å². The molecule has 0 fully saturated rings. The SMILES string of the molecule is C=CCC(C)C(C(=O)O)=C(C)CCCN. The lowest BCUT2D eigenvalue weighted by molar-refractivity contribution is -0.133. The number of carboxylic acids is 1. The first kappa shape index (κ1) is 13.9. The minimum absolute atomic E-state index is 0.0257. The molecule has 0 aliphatic carbocycles. The molecule has 0 aromatic carbocycles. The summed E-state index contributed by atoms with van der Waals surface area (Å²) in [6.45, 7) is 8.01. The summed E-state index contributed by atoms with van der Waals surface area (Å²) in [5.41, 5.74) is 6.85. The molecule has 0 rings (SSSR count). The Kier molecular flexibility index (Phi) is 6.71. The van der Waals surface area contributed by atoms with Crippen molar-refractivity contribution in [1.82, 2.24) is 0 Å². The number of rotatable bonds is 7. The summed E-state index contributed by atoms with van der Waals surface area (Å²) in [4.78, 5) is 11.1. The summed E-state index contributed by atoms with van der Waals surface area (Å²) in [5.74, 6) is -0.795. The van der Waals surface area contributed by atoms with Crippen LogP contribution in [-0.4, -0.2) is 17.6 Å². The summed E-state index contributed by atoms with van der Waals surface area (Å²) < 4.78 is 0. The van der Waals surface area contributed by atoms with E-state index in [1.165, 1.54) is 0 Å². The van der Waals surface area contributed by atoms with E-state index in [9.17, 15) is 4.79 Å². The first-order valence-electron chi connectivity index (χ1n) is 5.28. The van der Waals surface area contributed by atoms with Gasteiger partial charge in [-0.25, -0.2) is 4.79 Å². The highest BCUT2D eigenvalue weighted by Crippen LogP contribution is 2.21. The molecular weight excluding hydrogens is 190 g/mol. The average Bonchev–Trinajstić information content (AvgIpc) is 2.14. The zero-order valence-corrected chi connectivity index (χ0v) is 9.62. The number of hydrogen-bond acceptors (Lipinski definition) is 2. The Labute approximate surface area is 91.7 Å². The highest BCUT2D eigenvalue weighted by atomic mass is 16.4. The maximum absolute atomic E-state index is 11.1. The molecule has 15 heavy (non-hydrogen) atoms. The largest absolute Gasteiger partial charge is 0.478 e. The molecule has 0 saturated carbocycles. The Hall–Kier alpha value is -1.09. The summed E-state index contributed by atoms with van der Waals surface area (Å²) in [7, 11) is 0. The molecule has 86 valence electrons. The van der Waals surface area contributed by atoms with Crippen molar-refractivity contribution in [2.45, 2.75) is 33.1 Å². The van der Waals surface area contributed by atoms with Gasteiger partial charge in [-0.05, 0) is 38.6 Å². The van der Waals surface area contributed by atoms with Crippen LogP contribution >= 0.6 is 0 Å². The highest BCUT2D eigenvalue weighted by molar-refractivity contribution is 5.88. The Morgan fingerprint density at radius 1 is 1.60 bits per heavy atom. The van der Waals surface area contributed by atoms with E-state index in [2.05, 4.69) is 6.58 Å². The molecule has 3 N–H and O–H groups in total. The Balaban J connectivity index is 4.75. The smallest absolute Gasteiger partial charge is 0.331 e. The van der Waals surface area contributed by atoms with Crippen molar-refractivity contribution < 1.29 is 9.90 Å². The van der Waals surface area contributed by atoms with E-state index < -0.39 is 5.97 Å². The second-order valence-corrected chi connectivity index (χ2v) is 3.82. The monoisotopic (exact) mass is 211 g/mol. The third-order valence-corrected chi connectivity index (χ3v) is 2.46. The lowest BCUT2D eigenvalue weighted by Crippen LogP contribution is -2.12. The first-order valence-corrected chi connectivity index (χ1v) is 5.28. The Morgan fingerprint density at radius 3 is 2.60 bits per heavy atom. The fourth-order valence-electron chi connectivity index (χ4n) is 1.68. The van der Waals surface area contributed by atoms with E-state index >= 15 is 0 Å². The normalized spacial score (nSPS) is 14.3. The molecule has 0 heterocycles. The van der Waals surface area contributed by atoms with Crippen LogP contribution in [0.3, 0.4) is 0 Å². The number of aliphatic carboxylic acids is 1. The van der Waals surface area contributed by atoms with Crippen molar-refractivity contribution in [3.8, 4) is 0 Å². The third kappa shape index (κ3) is 4.79. The third-order valence-electron chi connectivity index (χ3n) is 2.46. The molecule has 0 spiro atoms. The predicted molar refractivity (Wildman–Crippen MR) is 62.6 cm³/mol. The minimum atomic E-state index is -0.820. The van der Waals surface area contributed by atoms with Gasteiger partial charge in [0.05, 0.1) is 0 Å². The number of carbonyl (C=O) groups is 1. The number of carboxylic acid groups (broad SMARTS) is 1. The molecule has 1 atom stereocenters. The van der Waals surface area contributed by atoms with E-state index in [4.69, 9.17) is 10.8 Å². The molecular formula is C12H21NO2. The molecule has 0 radical (unpaired) electrons. The standard InChI is InChI=1S/C12H21NO2/c1-4-6-9(2)11(12(14)15)10(3)7-5-8-13/h4,9H,1,5-8,13H2,2-3H3,(H,14,15). The molecule has 0 amide bonds. The maximum atomic E-state index is 11.1. The lowest BCUT2D eigenvalue weighted by atomic mass is 9.91. The van der Waals surface area contributed by atoms with Gasteiger partial charge in [-0.15, -0.1) is 6.58 Å². The average molecular weight is 211 g/mol. The lowest BCUT2D eigenvalue weighted by Gasteiger charge is -2.14. The second kappa shape index (κ2) is 7.23. The fourth-order valence-corrected chi connectivity index (χ4v) is 1.68. The Bertz CT molecular complexity index is 256. The van der Waals surface area contributed by atoms with Crippen LogP contribution in [-0.2, 0) is 4.79 Å². The van der Waals surface area contributed by atoms with Crippen molar-refractivity contribution >= 4 is 5.97 Å². The fraction of sp³-hybridized carbons (Fsp3) is 0.583. The highest BCUT2D eigenvalue weighted by Gasteiger charge is 2.17. The van der Waals surface area contributed by atoms with Crippen LogP contribution in [0.2, 0.25) is 0 Å². The summed E-state index contributed by atoms with van der Waals surface area (Å²) in [6, 6.07) is 0. The quantitative estimate of drug-likeness (QED) is 0.502. The van der Waals surface area contributed by atoms with Gasteiger partial charge in [-0.1, -0.05) is 18.6 Å². The molecule has 0 aliphatic rings. The van der Waals surface area contributed by atoms with Crippen LogP contribution in [0.4, 0.5) is 0 Å². The van der Waals surface area contributed by atoms with Crippen molar-refractivity contribution in [2.24, 2.45) is 11.7 Å². The van der Waals surface area contributed by atoms with Crippen molar-refractivity contribution in [3.05, 3.63) is 23.8 Å². The van der Waals surface area contributed by atoms with Crippen molar-refractivity contribution in [2.75, 3.05) is 6.54 Å². The summed E-state index contributed by atoms with van der Waals surface area (Å²) in [6.07, 6.45) is 4.05. The van der Waals surface area contributed by atoms with Crippen LogP contribution in [0.15, 0.2) is 23.8 Å². The zero-order chi connectivity index (χ0) is 11.8. The van der Waals surface area contributed by atoms with Crippen LogP contribution in [0, 0.1) is 5.92 Å². The van der Waals surface area contributed by atoms with E-state index in [1.807, 2.05) is 13.8 Å². The Morgan fingerprint density at radius 2 is 2.20 bits per heavy atom. The van der Waals surface area contributed by atoms with Gasteiger partial charge in [0.1, 0.15) is 0 Å². The molecule has 0 saturated heterocycles. The molecule has 0 bridgehead atoms. The van der Waals surface area contributed by atoms with E-state index in [1.54, 1.807) is 6.08 Å². The van der Waals surface area contributed by atoms with Crippen LogP contribution in [0.5, 0.6) is 0 Å². The molecule has 1 unspecified atom stereocenters. The van der Waals surface area contributed by atoms with Crippen LogP contribution in [0.1, 0.15) is 33.1 Å². The van der Waals surface area contributed by atoms with Gasteiger partial charge in [0.2, 0.25) is 0 Å². The first-order chi connectivity index (χ1) is 7.04. The number of allylic oxidation sites excluding steroid dienone is 2. The zero-order valence-electron chi connectivity index (χ0n) is 9.62. The molecule has 0 aromatic rings. The summed E-state index contributed by atoms with van der Waals surface area (Å²) >= 11 is 0. The van der Waals surface area contributed by atoms with E-state index in [-0.39, 0.29) is 5.92 Å². The van der Waals surface area contributed by atoms with Crippen molar-refractivity contribution in [1.29, 1.82) is 0 Å². The van der Waals surface area contributed by atoms with Gasteiger partial charge in [-0.3, -0.25) is 0 Å². The number of hydrogen-bond donors (Lipinski definition) is 2. The maximum Gasteiger partial charge on any atom is 0.331 e. The predicted octanol–water partition coefficient (Wildman–Crippen LogP) is 2.34. The molecule has 3 nitrogen and oxygen atoms in total. The van der Waals surface area contributed by atoms with Gasteiger partial charge < -0.3 is 10.8 Å². The number of nitrogens with two attached hydrogens (primary N) is 1. The molecule has 0 aromatic heterocycles.